The van der Waals surface area contributed by atoms with Crippen LogP contribution in [0.4, 0.5) is 5.69 Å². The Morgan fingerprint density at radius 3 is 1.45 bits per heavy atom. The molecule has 0 spiro atoms. The van der Waals surface area contributed by atoms with Crippen LogP contribution in [-0.2, 0) is 0 Å². The minimum Gasteiger partial charge on any atom is -0.377 e. The standard InChI is InChI=1S/C38H28N2/c1-39(2)38-24-26(40-36-17-9-7-15-33(36)34-16-8-10-18-37(34)40)20-22-27(38)25-19-21-32-30-13-4-3-11-28(30)29-12-5-6-14-31(29)35(32)23-25/h3-24H,1-2H3. The molecule has 8 aromatic rings. The molecule has 1 aromatic heterocycles. The van der Waals surface area contributed by atoms with Crippen LogP contribution in [0.1, 0.15) is 0 Å². The maximum atomic E-state index is 2.39. The van der Waals surface area contributed by atoms with Crippen molar-refractivity contribution in [2.45, 2.75) is 0 Å². The van der Waals surface area contributed by atoms with E-state index in [1.165, 1.54) is 76.6 Å². The number of rotatable bonds is 3. The van der Waals surface area contributed by atoms with Gasteiger partial charge in [0.1, 0.15) is 0 Å². The summed E-state index contributed by atoms with van der Waals surface area (Å²) in [6, 6.07) is 48.8. The molecule has 0 unspecified atom stereocenters. The minimum absolute atomic E-state index is 1.17. The second-order valence-corrected chi connectivity index (χ2v) is 10.8. The van der Waals surface area contributed by atoms with Gasteiger partial charge < -0.3 is 9.47 Å². The normalized spacial score (nSPS) is 11.8. The summed E-state index contributed by atoms with van der Waals surface area (Å²) in [6.45, 7) is 0. The Hall–Kier alpha value is -5.08. The summed E-state index contributed by atoms with van der Waals surface area (Å²) in [7, 11) is 4.27. The maximum Gasteiger partial charge on any atom is 0.0541 e. The first-order valence-corrected chi connectivity index (χ1v) is 13.8. The van der Waals surface area contributed by atoms with E-state index in [0.717, 1.165) is 0 Å². The molecule has 7 aromatic carbocycles. The van der Waals surface area contributed by atoms with Crippen LogP contribution in [0.15, 0.2) is 133 Å². The highest BCUT2D eigenvalue weighted by molar-refractivity contribution is 6.25. The van der Waals surface area contributed by atoms with Gasteiger partial charge in [-0.05, 0) is 68.2 Å². The monoisotopic (exact) mass is 512 g/mol. The van der Waals surface area contributed by atoms with E-state index in [9.17, 15) is 0 Å². The molecule has 1 heterocycles. The van der Waals surface area contributed by atoms with E-state index in [0.29, 0.717) is 0 Å². The van der Waals surface area contributed by atoms with Crippen LogP contribution in [0, 0.1) is 0 Å². The number of fused-ring (bicyclic) bond motifs is 9. The molecule has 2 nitrogen and oxygen atoms in total. The summed E-state index contributed by atoms with van der Waals surface area (Å²) in [5.41, 5.74) is 7.28. The van der Waals surface area contributed by atoms with E-state index >= 15 is 0 Å². The Bertz CT molecular complexity index is 2160. The summed E-state index contributed by atoms with van der Waals surface area (Å²) < 4.78 is 2.39. The van der Waals surface area contributed by atoms with Crippen molar-refractivity contribution in [3.63, 3.8) is 0 Å². The molecule has 0 aliphatic carbocycles. The predicted molar refractivity (Wildman–Crippen MR) is 173 cm³/mol. The van der Waals surface area contributed by atoms with Crippen molar-refractivity contribution in [1.29, 1.82) is 0 Å². The van der Waals surface area contributed by atoms with Crippen molar-refractivity contribution >= 4 is 59.8 Å². The minimum atomic E-state index is 1.17. The zero-order chi connectivity index (χ0) is 26.8. The quantitative estimate of drug-likeness (QED) is 0.214. The van der Waals surface area contributed by atoms with Crippen LogP contribution in [-0.4, -0.2) is 18.7 Å². The lowest BCUT2D eigenvalue weighted by Gasteiger charge is -2.21. The third kappa shape index (κ3) is 3.29. The number of benzene rings is 7. The highest BCUT2D eigenvalue weighted by atomic mass is 15.1. The van der Waals surface area contributed by atoms with Gasteiger partial charge in [-0.15, -0.1) is 0 Å². The largest absolute Gasteiger partial charge is 0.377 e. The fraction of sp³-hybridized carbons (Fsp3) is 0.0526. The third-order valence-electron chi connectivity index (χ3n) is 8.36. The second kappa shape index (κ2) is 8.72. The maximum absolute atomic E-state index is 2.39. The van der Waals surface area contributed by atoms with E-state index in [1.807, 2.05) is 0 Å². The topological polar surface area (TPSA) is 8.17 Å². The summed E-state index contributed by atoms with van der Waals surface area (Å²) in [4.78, 5) is 2.23. The average molecular weight is 513 g/mol. The van der Waals surface area contributed by atoms with E-state index in [4.69, 9.17) is 0 Å². The third-order valence-corrected chi connectivity index (χ3v) is 8.36. The zero-order valence-corrected chi connectivity index (χ0v) is 22.6. The highest BCUT2D eigenvalue weighted by Gasteiger charge is 2.16. The molecule has 0 saturated heterocycles. The zero-order valence-electron chi connectivity index (χ0n) is 22.6. The molecule has 0 aliphatic heterocycles. The van der Waals surface area contributed by atoms with E-state index < -0.39 is 0 Å². The summed E-state index contributed by atoms with van der Waals surface area (Å²) in [6.07, 6.45) is 0. The van der Waals surface area contributed by atoms with Crippen molar-refractivity contribution in [2.75, 3.05) is 19.0 Å². The Balaban J connectivity index is 1.37. The molecule has 0 bridgehead atoms. The summed E-state index contributed by atoms with van der Waals surface area (Å²) >= 11 is 0. The van der Waals surface area contributed by atoms with Gasteiger partial charge in [-0.3, -0.25) is 0 Å². The van der Waals surface area contributed by atoms with Gasteiger partial charge in [0.25, 0.3) is 0 Å². The molecule has 0 aliphatic rings. The SMILES string of the molecule is CN(C)c1cc(-n2c3ccccc3c3ccccc32)ccc1-c1ccc2c3ccccc3c3ccccc3c2c1. The van der Waals surface area contributed by atoms with E-state index in [1.54, 1.807) is 0 Å². The number of hydrogen-bond acceptors (Lipinski definition) is 1. The molecule has 0 fully saturated rings. The Labute approximate surface area is 233 Å². The van der Waals surface area contributed by atoms with Gasteiger partial charge in [-0.25, -0.2) is 0 Å². The second-order valence-electron chi connectivity index (χ2n) is 10.8. The molecular weight excluding hydrogens is 484 g/mol. The van der Waals surface area contributed by atoms with Crippen LogP contribution in [0.2, 0.25) is 0 Å². The fourth-order valence-electron chi connectivity index (χ4n) is 6.55. The van der Waals surface area contributed by atoms with Gasteiger partial charge in [0.2, 0.25) is 0 Å². The molecule has 0 amide bonds. The van der Waals surface area contributed by atoms with E-state index in [-0.39, 0.29) is 0 Å². The molecule has 8 rings (SSSR count). The van der Waals surface area contributed by atoms with Gasteiger partial charge in [0.15, 0.2) is 0 Å². The molecule has 0 N–H and O–H groups in total. The fourth-order valence-corrected chi connectivity index (χ4v) is 6.55. The van der Waals surface area contributed by atoms with Crippen LogP contribution >= 0.6 is 0 Å². The van der Waals surface area contributed by atoms with Crippen molar-refractivity contribution in [3.8, 4) is 16.8 Å². The molecule has 2 heteroatoms. The highest BCUT2D eigenvalue weighted by Crippen LogP contribution is 2.40. The smallest absolute Gasteiger partial charge is 0.0541 e. The number of aromatic nitrogens is 1. The van der Waals surface area contributed by atoms with Gasteiger partial charge in [0, 0.05) is 41.8 Å². The van der Waals surface area contributed by atoms with Crippen LogP contribution < -0.4 is 4.90 Å². The summed E-state index contributed by atoms with van der Waals surface area (Å²) in [5.74, 6) is 0. The van der Waals surface area contributed by atoms with E-state index in [2.05, 4.69) is 157 Å². The van der Waals surface area contributed by atoms with Crippen LogP contribution in [0.25, 0.3) is 70.9 Å². The lowest BCUT2D eigenvalue weighted by molar-refractivity contribution is 1.11. The number of para-hydroxylation sites is 2. The Morgan fingerprint density at radius 2 is 0.900 bits per heavy atom. The average Bonchev–Trinajstić information content (AvgIpc) is 3.35. The first-order valence-electron chi connectivity index (χ1n) is 13.8. The Morgan fingerprint density at radius 1 is 0.425 bits per heavy atom. The molecule has 40 heavy (non-hydrogen) atoms. The van der Waals surface area contributed by atoms with Gasteiger partial charge in [-0.1, -0.05) is 103 Å². The predicted octanol–water partition coefficient (Wildman–Crippen LogP) is 9.98. The van der Waals surface area contributed by atoms with Gasteiger partial charge in [0.05, 0.1) is 11.0 Å². The lowest BCUT2D eigenvalue weighted by Crippen LogP contribution is -2.11. The van der Waals surface area contributed by atoms with Crippen molar-refractivity contribution in [1.82, 2.24) is 4.57 Å². The summed E-state index contributed by atoms with van der Waals surface area (Å²) in [5, 5.41) is 10.4. The van der Waals surface area contributed by atoms with Crippen molar-refractivity contribution < 1.29 is 0 Å². The van der Waals surface area contributed by atoms with Crippen molar-refractivity contribution in [2.24, 2.45) is 0 Å². The van der Waals surface area contributed by atoms with Crippen molar-refractivity contribution in [3.05, 3.63) is 133 Å². The first kappa shape index (κ1) is 22.9. The first-order chi connectivity index (χ1) is 19.7. The molecule has 0 atom stereocenters. The molecule has 0 saturated carbocycles. The lowest BCUT2D eigenvalue weighted by atomic mass is 9.91. The van der Waals surface area contributed by atoms with Crippen LogP contribution in [0.3, 0.4) is 0 Å². The number of anilines is 1. The molecule has 190 valence electrons. The number of hydrogen-bond donors (Lipinski definition) is 0. The van der Waals surface area contributed by atoms with Gasteiger partial charge in [-0.2, -0.15) is 0 Å². The molecule has 0 radical (unpaired) electrons. The van der Waals surface area contributed by atoms with Gasteiger partial charge >= 0.3 is 0 Å². The number of nitrogens with zero attached hydrogens (tertiary/aromatic N) is 2. The molecular formula is C38H28N2. The van der Waals surface area contributed by atoms with Crippen LogP contribution in [0.5, 0.6) is 0 Å². The Kier molecular flexibility index (Phi) is 4.99.